The molecule has 0 amide bonds. The normalized spacial score (nSPS) is 18.3. The van der Waals surface area contributed by atoms with E-state index in [0.717, 1.165) is 45.0 Å². The monoisotopic (exact) mass is 303 g/mol. The predicted octanol–water partition coefficient (Wildman–Crippen LogP) is 2.87. The molecular formula is C18H29N3O. The highest BCUT2D eigenvalue weighted by molar-refractivity contribution is 5.80. The molecule has 0 spiro atoms. The van der Waals surface area contributed by atoms with E-state index >= 15 is 0 Å². The van der Waals surface area contributed by atoms with E-state index in [9.17, 15) is 0 Å². The van der Waals surface area contributed by atoms with Gasteiger partial charge >= 0.3 is 0 Å². The summed E-state index contributed by atoms with van der Waals surface area (Å²) in [4.78, 5) is 6.78. The van der Waals surface area contributed by atoms with Gasteiger partial charge in [0.05, 0.1) is 6.10 Å². The molecule has 1 atom stereocenters. The van der Waals surface area contributed by atoms with Crippen LogP contribution in [-0.2, 0) is 4.74 Å². The molecule has 1 heterocycles. The van der Waals surface area contributed by atoms with Gasteiger partial charge in [-0.15, -0.1) is 0 Å². The first kappa shape index (κ1) is 16.8. The zero-order chi connectivity index (χ0) is 15.8. The molecule has 0 aromatic heterocycles. The van der Waals surface area contributed by atoms with Crippen LogP contribution in [0.5, 0.6) is 0 Å². The average Bonchev–Trinajstić information content (AvgIpc) is 2.57. The molecule has 0 bridgehead atoms. The summed E-state index contributed by atoms with van der Waals surface area (Å²) in [6.45, 7) is 8.07. The van der Waals surface area contributed by atoms with Gasteiger partial charge in [0, 0.05) is 33.3 Å². The number of ether oxygens (including phenoxy) is 1. The summed E-state index contributed by atoms with van der Waals surface area (Å²) in [5.74, 6) is 1.48. The second-order valence-corrected chi connectivity index (χ2v) is 5.88. The number of nitrogens with one attached hydrogen (secondary N) is 1. The first-order chi connectivity index (χ1) is 10.7. The van der Waals surface area contributed by atoms with Crippen molar-refractivity contribution in [3.05, 3.63) is 35.9 Å². The largest absolute Gasteiger partial charge is 0.378 e. The summed E-state index contributed by atoms with van der Waals surface area (Å²) in [6.07, 6.45) is 2.59. The van der Waals surface area contributed by atoms with E-state index in [1.165, 1.54) is 5.56 Å². The average molecular weight is 303 g/mol. The number of hydrogen-bond donors (Lipinski definition) is 1. The zero-order valence-corrected chi connectivity index (χ0v) is 14.1. The Morgan fingerprint density at radius 1 is 1.32 bits per heavy atom. The highest BCUT2D eigenvalue weighted by Crippen LogP contribution is 2.15. The minimum Gasteiger partial charge on any atom is -0.378 e. The van der Waals surface area contributed by atoms with Crippen molar-refractivity contribution in [3.8, 4) is 0 Å². The Hall–Kier alpha value is -1.55. The van der Waals surface area contributed by atoms with Gasteiger partial charge in [0.25, 0.3) is 0 Å². The fourth-order valence-electron chi connectivity index (χ4n) is 2.95. The summed E-state index contributed by atoms with van der Waals surface area (Å²) < 4.78 is 5.71. The fraction of sp³-hybridized carbons (Fsp3) is 0.611. The summed E-state index contributed by atoms with van der Waals surface area (Å²) in [5.41, 5.74) is 1.36. The van der Waals surface area contributed by atoms with E-state index in [4.69, 9.17) is 4.74 Å². The Kier molecular flexibility index (Phi) is 6.72. The third kappa shape index (κ3) is 4.73. The van der Waals surface area contributed by atoms with Crippen LogP contribution in [0.2, 0.25) is 0 Å². The molecule has 1 aromatic rings. The molecule has 1 fully saturated rings. The van der Waals surface area contributed by atoms with Gasteiger partial charge in [-0.25, -0.2) is 0 Å². The van der Waals surface area contributed by atoms with E-state index in [0.29, 0.717) is 12.0 Å². The molecule has 4 heteroatoms. The molecule has 1 aromatic carbocycles. The maximum atomic E-state index is 5.71. The highest BCUT2D eigenvalue weighted by Gasteiger charge is 2.21. The summed E-state index contributed by atoms with van der Waals surface area (Å²) in [6, 6.07) is 10.6. The van der Waals surface area contributed by atoms with Crippen molar-refractivity contribution in [3.63, 3.8) is 0 Å². The van der Waals surface area contributed by atoms with Crippen molar-refractivity contribution >= 4 is 5.96 Å². The van der Waals surface area contributed by atoms with Crippen molar-refractivity contribution in [2.45, 2.75) is 38.7 Å². The van der Waals surface area contributed by atoms with Crippen LogP contribution >= 0.6 is 0 Å². The van der Waals surface area contributed by atoms with E-state index in [2.05, 4.69) is 59.4 Å². The molecular weight excluding hydrogens is 274 g/mol. The standard InChI is InChI=1S/C18H29N3O/c1-4-22-17-10-12-21(13-11-17)18(19-3)20-14-15(2)16-8-6-5-7-9-16/h5-9,15,17H,4,10-14H2,1-3H3,(H,19,20). The minimum atomic E-state index is 0.419. The quantitative estimate of drug-likeness (QED) is 0.671. The second-order valence-electron chi connectivity index (χ2n) is 5.88. The molecule has 122 valence electrons. The second kappa shape index (κ2) is 8.79. The van der Waals surface area contributed by atoms with Crippen LogP contribution in [0.15, 0.2) is 35.3 Å². The molecule has 1 saturated heterocycles. The van der Waals surface area contributed by atoms with Gasteiger partial charge in [0.15, 0.2) is 5.96 Å². The Morgan fingerprint density at radius 3 is 2.59 bits per heavy atom. The molecule has 2 rings (SSSR count). The Bertz CT molecular complexity index is 453. The van der Waals surface area contributed by atoms with Crippen molar-refractivity contribution in [2.24, 2.45) is 4.99 Å². The molecule has 1 unspecified atom stereocenters. The van der Waals surface area contributed by atoms with E-state index < -0.39 is 0 Å². The maximum Gasteiger partial charge on any atom is 0.193 e. The summed E-state index contributed by atoms with van der Waals surface area (Å²) in [5, 5.41) is 3.52. The zero-order valence-electron chi connectivity index (χ0n) is 14.1. The predicted molar refractivity (Wildman–Crippen MR) is 92.4 cm³/mol. The molecule has 4 nitrogen and oxygen atoms in total. The number of hydrogen-bond acceptors (Lipinski definition) is 2. The number of nitrogens with zero attached hydrogens (tertiary/aromatic N) is 2. The van der Waals surface area contributed by atoms with Crippen LogP contribution in [0.4, 0.5) is 0 Å². The number of likely N-dealkylation sites (tertiary alicyclic amines) is 1. The molecule has 0 saturated carbocycles. The van der Waals surface area contributed by atoms with Gasteiger partial charge in [-0.1, -0.05) is 37.3 Å². The minimum absolute atomic E-state index is 0.419. The van der Waals surface area contributed by atoms with Crippen LogP contribution in [-0.4, -0.2) is 50.3 Å². The molecule has 1 aliphatic rings. The molecule has 0 aliphatic carbocycles. The van der Waals surface area contributed by atoms with Crippen molar-refractivity contribution in [2.75, 3.05) is 33.3 Å². The van der Waals surface area contributed by atoms with E-state index in [1.54, 1.807) is 0 Å². The fourth-order valence-corrected chi connectivity index (χ4v) is 2.95. The number of rotatable bonds is 5. The lowest BCUT2D eigenvalue weighted by Gasteiger charge is -2.34. The third-order valence-corrected chi connectivity index (χ3v) is 4.29. The first-order valence-electron chi connectivity index (χ1n) is 8.36. The summed E-state index contributed by atoms with van der Waals surface area (Å²) >= 11 is 0. The van der Waals surface area contributed by atoms with Crippen molar-refractivity contribution in [1.82, 2.24) is 10.2 Å². The number of piperidine rings is 1. The Balaban J connectivity index is 1.81. The van der Waals surface area contributed by atoms with Crippen LogP contribution < -0.4 is 5.32 Å². The van der Waals surface area contributed by atoms with Gasteiger partial charge < -0.3 is 15.0 Å². The number of aliphatic imine (C=N–C) groups is 1. The van der Waals surface area contributed by atoms with Gasteiger partial charge in [0.1, 0.15) is 0 Å². The SMILES string of the molecule is CCOC1CCN(C(=NC)NCC(C)c2ccccc2)CC1. The van der Waals surface area contributed by atoms with Crippen LogP contribution in [0.1, 0.15) is 38.2 Å². The number of benzene rings is 1. The Labute approximate surface area is 134 Å². The van der Waals surface area contributed by atoms with Gasteiger partial charge in [0.2, 0.25) is 0 Å². The van der Waals surface area contributed by atoms with Crippen LogP contribution in [0, 0.1) is 0 Å². The van der Waals surface area contributed by atoms with Gasteiger partial charge in [-0.3, -0.25) is 4.99 Å². The van der Waals surface area contributed by atoms with Crippen LogP contribution in [0.3, 0.4) is 0 Å². The third-order valence-electron chi connectivity index (χ3n) is 4.29. The first-order valence-corrected chi connectivity index (χ1v) is 8.36. The van der Waals surface area contributed by atoms with Gasteiger partial charge in [-0.05, 0) is 31.2 Å². The smallest absolute Gasteiger partial charge is 0.193 e. The van der Waals surface area contributed by atoms with Crippen molar-refractivity contribution < 1.29 is 4.74 Å². The molecule has 1 aliphatic heterocycles. The lowest BCUT2D eigenvalue weighted by Crippen LogP contribution is -2.47. The van der Waals surface area contributed by atoms with E-state index in [-0.39, 0.29) is 0 Å². The van der Waals surface area contributed by atoms with E-state index in [1.807, 2.05) is 7.05 Å². The lowest BCUT2D eigenvalue weighted by atomic mass is 10.0. The number of guanidine groups is 1. The highest BCUT2D eigenvalue weighted by atomic mass is 16.5. The molecule has 1 N–H and O–H groups in total. The Morgan fingerprint density at radius 2 is 2.00 bits per heavy atom. The van der Waals surface area contributed by atoms with Crippen LogP contribution in [0.25, 0.3) is 0 Å². The topological polar surface area (TPSA) is 36.9 Å². The lowest BCUT2D eigenvalue weighted by molar-refractivity contribution is 0.0264. The molecule has 0 radical (unpaired) electrons. The summed E-state index contributed by atoms with van der Waals surface area (Å²) in [7, 11) is 1.87. The van der Waals surface area contributed by atoms with Crippen molar-refractivity contribution in [1.29, 1.82) is 0 Å². The maximum absolute atomic E-state index is 5.71. The molecule has 22 heavy (non-hydrogen) atoms. The van der Waals surface area contributed by atoms with Gasteiger partial charge in [-0.2, -0.15) is 0 Å².